The summed E-state index contributed by atoms with van der Waals surface area (Å²) in [6.07, 6.45) is 2.02. The van der Waals surface area contributed by atoms with Crippen LogP contribution in [0.15, 0.2) is 22.7 Å². The van der Waals surface area contributed by atoms with Gasteiger partial charge in [0.15, 0.2) is 0 Å². The smallest absolute Gasteiger partial charge is 0.231 e. The Kier molecular flexibility index (Phi) is 3.25. The molecule has 0 amide bonds. The third-order valence-corrected chi connectivity index (χ3v) is 3.26. The molecule has 0 unspecified atom stereocenters. The average molecular weight is 265 g/mol. The van der Waals surface area contributed by atoms with Crippen LogP contribution in [0.3, 0.4) is 0 Å². The maximum absolute atomic E-state index is 13.6. The lowest BCUT2D eigenvalue weighted by Gasteiger charge is -2.18. The molecule has 19 heavy (non-hydrogen) atoms. The van der Waals surface area contributed by atoms with Gasteiger partial charge in [0.1, 0.15) is 11.6 Å². The van der Waals surface area contributed by atoms with Crippen molar-refractivity contribution in [1.82, 2.24) is 15.5 Å². The van der Waals surface area contributed by atoms with Crippen molar-refractivity contribution in [2.24, 2.45) is 0 Å². The predicted octanol–water partition coefficient (Wildman–Crippen LogP) is 2.48. The first-order chi connectivity index (χ1) is 9.24. The second-order valence-corrected chi connectivity index (χ2v) is 4.62. The molecule has 0 aliphatic carbocycles. The van der Waals surface area contributed by atoms with Crippen molar-refractivity contribution in [3.8, 4) is 11.4 Å². The van der Waals surface area contributed by atoms with Crippen LogP contribution in [0.25, 0.3) is 11.4 Å². The van der Waals surface area contributed by atoms with Crippen molar-refractivity contribution in [3.63, 3.8) is 0 Å². The van der Waals surface area contributed by atoms with Crippen molar-refractivity contribution >= 4 is 0 Å². The highest BCUT2D eigenvalue weighted by Crippen LogP contribution is 2.25. The summed E-state index contributed by atoms with van der Waals surface area (Å²) >= 11 is 0. The van der Waals surface area contributed by atoms with Crippen LogP contribution in [-0.4, -0.2) is 23.2 Å². The van der Waals surface area contributed by atoms with E-state index in [-0.39, 0.29) is 17.3 Å². The lowest BCUT2D eigenvalue weighted by atomic mass is 10.00. The van der Waals surface area contributed by atoms with Crippen LogP contribution in [0.1, 0.15) is 24.7 Å². The van der Waals surface area contributed by atoms with E-state index in [1.165, 1.54) is 12.1 Å². The highest BCUT2D eigenvalue weighted by atomic mass is 19.1. The number of nitrogens with one attached hydrogen (secondary N) is 1. The molecule has 1 N–H and O–H groups in total. The zero-order valence-corrected chi connectivity index (χ0v) is 10.2. The fourth-order valence-corrected chi connectivity index (χ4v) is 2.24. The topological polar surface area (TPSA) is 51.0 Å². The molecule has 2 aromatic rings. The molecular weight excluding hydrogens is 252 g/mol. The molecule has 1 aliphatic heterocycles. The number of nitrogens with zero attached hydrogens (tertiary/aromatic N) is 2. The largest absolute Gasteiger partial charge is 0.339 e. The summed E-state index contributed by atoms with van der Waals surface area (Å²) in [6, 6.07) is 3.31. The van der Waals surface area contributed by atoms with E-state index in [1.807, 2.05) is 0 Å². The van der Waals surface area contributed by atoms with Gasteiger partial charge in [0.2, 0.25) is 11.7 Å². The highest BCUT2D eigenvalue weighted by molar-refractivity contribution is 5.55. The summed E-state index contributed by atoms with van der Waals surface area (Å²) in [5, 5.41) is 7.03. The zero-order valence-electron chi connectivity index (χ0n) is 10.2. The SMILES string of the molecule is Fc1ccc(-c2noc([C@H]3CCCNC3)n2)c(F)c1. The average Bonchev–Trinajstić information content (AvgIpc) is 2.89. The van der Waals surface area contributed by atoms with E-state index in [9.17, 15) is 8.78 Å². The summed E-state index contributed by atoms with van der Waals surface area (Å²) in [5.74, 6) is -0.474. The monoisotopic (exact) mass is 265 g/mol. The standard InChI is InChI=1S/C13H13F2N3O/c14-9-3-4-10(11(15)6-9)12-17-13(19-18-12)8-2-1-5-16-7-8/h3-4,6,8,16H,1-2,5,7H2/t8-/m0/s1. The van der Waals surface area contributed by atoms with E-state index in [0.29, 0.717) is 5.89 Å². The van der Waals surface area contributed by atoms with Crippen molar-refractivity contribution in [2.45, 2.75) is 18.8 Å². The Morgan fingerprint density at radius 1 is 1.32 bits per heavy atom. The van der Waals surface area contributed by atoms with E-state index in [1.54, 1.807) is 0 Å². The summed E-state index contributed by atoms with van der Waals surface area (Å²) in [5.41, 5.74) is 0.153. The number of rotatable bonds is 2. The maximum atomic E-state index is 13.6. The van der Waals surface area contributed by atoms with E-state index >= 15 is 0 Å². The van der Waals surface area contributed by atoms with Crippen LogP contribution in [0.2, 0.25) is 0 Å². The second kappa shape index (κ2) is 5.05. The summed E-state index contributed by atoms with van der Waals surface area (Å²) in [6.45, 7) is 1.78. The fourth-order valence-electron chi connectivity index (χ4n) is 2.24. The van der Waals surface area contributed by atoms with Crippen LogP contribution in [0, 0.1) is 11.6 Å². The van der Waals surface area contributed by atoms with Crippen LogP contribution in [0.4, 0.5) is 8.78 Å². The lowest BCUT2D eigenvalue weighted by molar-refractivity contribution is 0.322. The Balaban J connectivity index is 1.87. The maximum Gasteiger partial charge on any atom is 0.231 e. The fraction of sp³-hybridized carbons (Fsp3) is 0.385. The summed E-state index contributed by atoms with van der Waals surface area (Å²) < 4.78 is 31.6. The van der Waals surface area contributed by atoms with Gasteiger partial charge in [-0.15, -0.1) is 0 Å². The molecule has 2 heterocycles. The summed E-state index contributed by atoms with van der Waals surface area (Å²) in [7, 11) is 0. The zero-order chi connectivity index (χ0) is 13.2. The highest BCUT2D eigenvalue weighted by Gasteiger charge is 2.22. The molecular formula is C13H13F2N3O. The Morgan fingerprint density at radius 2 is 2.21 bits per heavy atom. The molecule has 1 aromatic heterocycles. The molecule has 1 fully saturated rings. The van der Waals surface area contributed by atoms with Gasteiger partial charge < -0.3 is 9.84 Å². The Hall–Kier alpha value is -1.82. The number of aromatic nitrogens is 2. The molecule has 100 valence electrons. The van der Waals surface area contributed by atoms with E-state index in [0.717, 1.165) is 32.0 Å². The third-order valence-electron chi connectivity index (χ3n) is 3.26. The molecule has 1 atom stereocenters. The number of halogens is 2. The number of hydrogen-bond acceptors (Lipinski definition) is 4. The summed E-state index contributed by atoms with van der Waals surface area (Å²) in [4.78, 5) is 4.21. The van der Waals surface area contributed by atoms with Gasteiger partial charge in [-0.05, 0) is 31.5 Å². The Morgan fingerprint density at radius 3 is 2.95 bits per heavy atom. The van der Waals surface area contributed by atoms with Gasteiger partial charge in [-0.25, -0.2) is 8.78 Å². The van der Waals surface area contributed by atoms with Gasteiger partial charge in [0.05, 0.1) is 11.5 Å². The van der Waals surface area contributed by atoms with Gasteiger partial charge in [-0.2, -0.15) is 4.98 Å². The lowest BCUT2D eigenvalue weighted by Crippen LogP contribution is -2.28. The molecule has 6 heteroatoms. The number of piperidine rings is 1. The molecule has 0 radical (unpaired) electrons. The first-order valence-corrected chi connectivity index (χ1v) is 6.24. The molecule has 1 aromatic carbocycles. The van der Waals surface area contributed by atoms with Crippen molar-refractivity contribution in [1.29, 1.82) is 0 Å². The number of benzene rings is 1. The first-order valence-electron chi connectivity index (χ1n) is 6.24. The minimum Gasteiger partial charge on any atom is -0.339 e. The molecule has 3 rings (SSSR count). The molecule has 0 bridgehead atoms. The molecule has 1 saturated heterocycles. The quantitative estimate of drug-likeness (QED) is 0.906. The molecule has 4 nitrogen and oxygen atoms in total. The first kappa shape index (κ1) is 12.2. The van der Waals surface area contributed by atoms with E-state index < -0.39 is 11.6 Å². The van der Waals surface area contributed by atoms with Crippen LogP contribution >= 0.6 is 0 Å². The van der Waals surface area contributed by atoms with E-state index in [2.05, 4.69) is 15.5 Å². The van der Waals surface area contributed by atoms with Gasteiger partial charge in [-0.1, -0.05) is 5.16 Å². The van der Waals surface area contributed by atoms with Crippen LogP contribution in [0.5, 0.6) is 0 Å². The molecule has 1 aliphatic rings. The molecule has 0 saturated carbocycles. The minimum atomic E-state index is -0.686. The molecule has 0 spiro atoms. The van der Waals surface area contributed by atoms with Gasteiger partial charge in [-0.3, -0.25) is 0 Å². The van der Waals surface area contributed by atoms with Crippen molar-refractivity contribution < 1.29 is 13.3 Å². The normalized spacial score (nSPS) is 19.6. The Bertz CT molecular complexity index is 579. The van der Waals surface area contributed by atoms with Gasteiger partial charge >= 0.3 is 0 Å². The minimum absolute atomic E-state index is 0.153. The van der Waals surface area contributed by atoms with Crippen molar-refractivity contribution in [3.05, 3.63) is 35.7 Å². The second-order valence-electron chi connectivity index (χ2n) is 4.62. The van der Waals surface area contributed by atoms with Crippen LogP contribution < -0.4 is 5.32 Å². The number of hydrogen-bond donors (Lipinski definition) is 1. The predicted molar refractivity (Wildman–Crippen MR) is 64.5 cm³/mol. The van der Waals surface area contributed by atoms with Crippen LogP contribution in [-0.2, 0) is 0 Å². The van der Waals surface area contributed by atoms with Gasteiger partial charge in [0, 0.05) is 12.6 Å². The third kappa shape index (κ3) is 2.49. The Labute approximate surface area is 108 Å². The van der Waals surface area contributed by atoms with Gasteiger partial charge in [0.25, 0.3) is 0 Å². The van der Waals surface area contributed by atoms with Crippen molar-refractivity contribution in [2.75, 3.05) is 13.1 Å². The van der Waals surface area contributed by atoms with E-state index in [4.69, 9.17) is 4.52 Å².